The average molecular weight is 863 g/mol. The van der Waals surface area contributed by atoms with Gasteiger partial charge in [-0.25, -0.2) is 23.6 Å². The number of benzene rings is 3. The number of phenolic OH excluding ortho intramolecular Hbond substituents is 1. The van der Waals surface area contributed by atoms with E-state index in [1.807, 2.05) is 0 Å². The van der Waals surface area contributed by atoms with Crippen LogP contribution in [0.2, 0.25) is 0 Å². The summed E-state index contributed by atoms with van der Waals surface area (Å²) in [6.07, 6.45) is -2.46. The number of fused-ring (bicyclic) bond motifs is 2. The van der Waals surface area contributed by atoms with Gasteiger partial charge < -0.3 is 48.1 Å². The third kappa shape index (κ3) is 12.1. The first-order chi connectivity index (χ1) is 29.1. The molecule has 2 heterocycles. The Hall–Kier alpha value is -6.39. The lowest BCUT2D eigenvalue weighted by Gasteiger charge is -2.35. The molecule has 16 nitrogen and oxygen atoms in total. The lowest BCUT2D eigenvalue weighted by molar-refractivity contribution is 0.00912. The van der Waals surface area contributed by atoms with Crippen LogP contribution >= 0.6 is 0 Å². The average Bonchev–Trinajstić information content (AvgIpc) is 3.17. The predicted molar refractivity (Wildman–Crippen MR) is 227 cm³/mol. The fraction of sp³-hybridized carbons (Fsp3) is 0.467. The van der Waals surface area contributed by atoms with Gasteiger partial charge in [0.1, 0.15) is 41.6 Å². The number of esters is 1. The second-order valence-corrected chi connectivity index (χ2v) is 17.0. The van der Waals surface area contributed by atoms with E-state index < -0.39 is 60.7 Å². The number of nitrogens with zero attached hydrogens (tertiary/aromatic N) is 4. The number of rotatable bonds is 6. The highest BCUT2D eigenvalue weighted by atomic mass is 19.1. The van der Waals surface area contributed by atoms with Gasteiger partial charge in [-0.3, -0.25) is 9.59 Å². The van der Waals surface area contributed by atoms with Crippen molar-refractivity contribution in [1.29, 1.82) is 0 Å². The van der Waals surface area contributed by atoms with Crippen molar-refractivity contribution >= 4 is 41.1 Å². The molecule has 0 atom stereocenters. The minimum atomic E-state index is -0.964. The first-order valence-corrected chi connectivity index (χ1v) is 20.4. The summed E-state index contributed by atoms with van der Waals surface area (Å²) < 4.78 is 41.5. The lowest BCUT2D eigenvalue weighted by atomic mass is 9.89. The number of carbonyl (C=O) groups excluding carboxylic acids is 5. The van der Waals surface area contributed by atoms with E-state index in [1.165, 1.54) is 68.1 Å². The van der Waals surface area contributed by atoms with Gasteiger partial charge in [0.2, 0.25) is 0 Å². The smallest absolute Gasteiger partial charge is 0.410 e. The highest BCUT2D eigenvalue weighted by Crippen LogP contribution is 2.42. The first kappa shape index (κ1) is 46.7. The summed E-state index contributed by atoms with van der Waals surface area (Å²) in [6, 6.07) is 12.9. The van der Waals surface area contributed by atoms with Crippen LogP contribution in [0.1, 0.15) is 76.1 Å². The monoisotopic (exact) mass is 862 g/mol. The summed E-state index contributed by atoms with van der Waals surface area (Å²) in [5.74, 6) is -1.46. The standard InChI is InChI=1S/C45H55FN4O12/c1-28(2)59-41(55)48-18-16-47(17-19-49(42(56)61-44(3,4)5)22-23-50(21-20-48)43(57)62-45(6,7)8)39(53)29-9-12-32(35(25-29)40(54)58-24-15-46)38-33-13-10-30(51)26-36(33)60-37-27-31(52)11-14-34(37)38/h9-14,25-28,51H,15-24H2,1-8H3. The molecule has 2 aliphatic heterocycles. The van der Waals surface area contributed by atoms with E-state index in [2.05, 4.69) is 0 Å². The Morgan fingerprint density at radius 1 is 0.710 bits per heavy atom. The summed E-state index contributed by atoms with van der Waals surface area (Å²) in [4.78, 5) is 86.9. The molecule has 0 unspecified atom stereocenters. The molecule has 1 N–H and O–H groups in total. The van der Waals surface area contributed by atoms with Crippen LogP contribution in [-0.4, -0.2) is 138 Å². The van der Waals surface area contributed by atoms with Crippen LogP contribution < -0.4 is 5.43 Å². The van der Waals surface area contributed by atoms with Crippen molar-refractivity contribution in [3.63, 3.8) is 0 Å². The zero-order valence-electron chi connectivity index (χ0n) is 36.4. The maximum absolute atomic E-state index is 14.7. The number of hydrogen-bond donors (Lipinski definition) is 1. The molecule has 0 saturated carbocycles. The van der Waals surface area contributed by atoms with Crippen molar-refractivity contribution in [2.45, 2.75) is 72.7 Å². The number of halogens is 1. The molecule has 2 aromatic carbocycles. The van der Waals surface area contributed by atoms with Crippen LogP contribution in [-0.2, 0) is 18.9 Å². The maximum Gasteiger partial charge on any atom is 0.410 e. The third-order valence-electron chi connectivity index (χ3n) is 9.49. The Morgan fingerprint density at radius 3 is 1.77 bits per heavy atom. The molecule has 0 radical (unpaired) electrons. The second-order valence-electron chi connectivity index (χ2n) is 17.0. The number of carbonyl (C=O) groups is 5. The highest BCUT2D eigenvalue weighted by molar-refractivity contribution is 6.09. The molecule has 4 amide bonds. The first-order valence-electron chi connectivity index (χ1n) is 20.4. The molecule has 1 fully saturated rings. The van der Waals surface area contributed by atoms with E-state index in [-0.39, 0.29) is 91.6 Å². The van der Waals surface area contributed by atoms with Gasteiger partial charge in [-0.1, -0.05) is 6.07 Å². The van der Waals surface area contributed by atoms with E-state index >= 15 is 0 Å². The van der Waals surface area contributed by atoms with Gasteiger partial charge in [0.05, 0.1) is 11.7 Å². The Kier molecular flexibility index (Phi) is 14.7. The zero-order valence-corrected chi connectivity index (χ0v) is 36.4. The van der Waals surface area contributed by atoms with Crippen LogP contribution in [0.15, 0.2) is 63.8 Å². The minimum Gasteiger partial charge on any atom is -0.508 e. The van der Waals surface area contributed by atoms with Gasteiger partial charge in [0.15, 0.2) is 5.43 Å². The maximum atomic E-state index is 14.7. The predicted octanol–water partition coefficient (Wildman–Crippen LogP) is 7.17. The molecule has 1 saturated heterocycles. The molecule has 1 aliphatic carbocycles. The molecule has 0 bridgehead atoms. The lowest BCUT2D eigenvalue weighted by Crippen LogP contribution is -2.51. The van der Waals surface area contributed by atoms with Gasteiger partial charge in [-0.05, 0) is 97.4 Å². The van der Waals surface area contributed by atoms with E-state index in [0.717, 1.165) is 0 Å². The molecule has 0 aromatic heterocycles. The van der Waals surface area contributed by atoms with E-state index in [9.17, 15) is 38.3 Å². The number of hydrogen-bond acceptors (Lipinski definition) is 12. The van der Waals surface area contributed by atoms with Gasteiger partial charge in [0.25, 0.3) is 5.91 Å². The molecular weight excluding hydrogens is 808 g/mol. The highest BCUT2D eigenvalue weighted by Gasteiger charge is 2.31. The van der Waals surface area contributed by atoms with Crippen molar-refractivity contribution in [3.05, 3.63) is 75.9 Å². The van der Waals surface area contributed by atoms with Crippen molar-refractivity contribution in [1.82, 2.24) is 19.6 Å². The van der Waals surface area contributed by atoms with Crippen LogP contribution in [0.3, 0.4) is 0 Å². The largest absolute Gasteiger partial charge is 0.508 e. The van der Waals surface area contributed by atoms with Crippen LogP contribution in [0.25, 0.3) is 33.4 Å². The molecule has 3 aliphatic rings. The third-order valence-corrected chi connectivity index (χ3v) is 9.49. The fourth-order valence-electron chi connectivity index (χ4n) is 6.70. The Labute approximate surface area is 359 Å². The van der Waals surface area contributed by atoms with Crippen molar-refractivity contribution < 1.29 is 56.8 Å². The topological polar surface area (TPSA) is 186 Å². The van der Waals surface area contributed by atoms with Crippen LogP contribution in [0, 0.1) is 0 Å². The van der Waals surface area contributed by atoms with Gasteiger partial charge in [-0.15, -0.1) is 0 Å². The van der Waals surface area contributed by atoms with Gasteiger partial charge in [0, 0.05) is 86.6 Å². The molecule has 17 heteroatoms. The fourth-order valence-corrected chi connectivity index (χ4v) is 6.70. The SMILES string of the molecule is CC(C)OC(=O)N1CCN(C(=O)OC(C)(C)C)CCN(C(=O)OC(C)(C)C)CCN(C(=O)c2ccc(-c3c4ccc(=O)cc-4oc4cc(O)ccc34)c(C(=O)OCCF)c2)CC1. The van der Waals surface area contributed by atoms with Crippen molar-refractivity contribution in [2.24, 2.45) is 0 Å². The van der Waals surface area contributed by atoms with Crippen molar-refractivity contribution in [2.75, 3.05) is 65.6 Å². The molecule has 0 spiro atoms. The quantitative estimate of drug-likeness (QED) is 0.117. The Morgan fingerprint density at radius 2 is 1.24 bits per heavy atom. The van der Waals surface area contributed by atoms with E-state index in [1.54, 1.807) is 61.5 Å². The van der Waals surface area contributed by atoms with Crippen molar-refractivity contribution in [3.8, 4) is 28.2 Å². The molecular formula is C45H55FN4O12. The summed E-state index contributed by atoms with van der Waals surface area (Å²) in [5.41, 5.74) is -0.791. The number of phenols is 1. The minimum absolute atomic E-state index is 0.00456. The number of amides is 4. The number of ether oxygens (including phenoxy) is 4. The summed E-state index contributed by atoms with van der Waals surface area (Å²) >= 11 is 0. The summed E-state index contributed by atoms with van der Waals surface area (Å²) in [6.45, 7) is 12.0. The Bertz CT molecular complexity index is 2310. The zero-order chi connectivity index (χ0) is 45.5. The van der Waals surface area contributed by atoms with E-state index in [0.29, 0.717) is 16.5 Å². The van der Waals surface area contributed by atoms with Gasteiger partial charge >= 0.3 is 24.2 Å². The van der Waals surface area contributed by atoms with Crippen LogP contribution in [0.4, 0.5) is 18.8 Å². The number of alkyl halides is 1. The molecule has 334 valence electrons. The van der Waals surface area contributed by atoms with Crippen LogP contribution in [0.5, 0.6) is 5.75 Å². The molecule has 2 aromatic rings. The molecule has 5 rings (SSSR count). The van der Waals surface area contributed by atoms with E-state index in [4.69, 9.17) is 23.4 Å². The van der Waals surface area contributed by atoms with Gasteiger partial charge in [-0.2, -0.15) is 0 Å². The molecule has 62 heavy (non-hydrogen) atoms. The second kappa shape index (κ2) is 19.5. The normalized spacial score (nSPS) is 14.6. The Balaban J connectivity index is 1.59. The summed E-state index contributed by atoms with van der Waals surface area (Å²) in [7, 11) is 0. The summed E-state index contributed by atoms with van der Waals surface area (Å²) in [5, 5.41) is 10.7. The number of aromatic hydroxyl groups is 1.